The van der Waals surface area contributed by atoms with Crippen LogP contribution in [0.5, 0.6) is 0 Å². The average molecular weight is 508 g/mol. The van der Waals surface area contributed by atoms with Crippen LogP contribution in [0, 0.1) is 0 Å². The SMILES string of the molecule is CC(C)c1ccccc1-c1ncc2c(n1)n(Cc1ccc(-c3nc(C(F)(F)F)n(C)n3)cc1)c(=O)n2C. The Morgan fingerprint density at radius 2 is 1.65 bits per heavy atom. The molecule has 0 aliphatic carbocycles. The van der Waals surface area contributed by atoms with Gasteiger partial charge in [-0.1, -0.05) is 62.4 Å². The summed E-state index contributed by atoms with van der Waals surface area (Å²) >= 11 is 0. The molecular formula is C26H24F3N7O. The van der Waals surface area contributed by atoms with Crippen LogP contribution in [0.2, 0.25) is 0 Å². The largest absolute Gasteiger partial charge is 0.451 e. The van der Waals surface area contributed by atoms with Gasteiger partial charge in [0.15, 0.2) is 17.3 Å². The van der Waals surface area contributed by atoms with Gasteiger partial charge in [0.25, 0.3) is 0 Å². The van der Waals surface area contributed by atoms with Crippen molar-refractivity contribution in [1.29, 1.82) is 0 Å². The summed E-state index contributed by atoms with van der Waals surface area (Å²) in [5.74, 6) is -0.283. The summed E-state index contributed by atoms with van der Waals surface area (Å²) in [7, 11) is 2.87. The molecule has 0 spiro atoms. The number of benzene rings is 2. The van der Waals surface area contributed by atoms with Crippen LogP contribution in [0.1, 0.15) is 36.7 Å². The molecule has 37 heavy (non-hydrogen) atoms. The van der Waals surface area contributed by atoms with Gasteiger partial charge in [-0.2, -0.15) is 18.3 Å². The number of imidazole rings is 1. The third-order valence-electron chi connectivity index (χ3n) is 6.28. The summed E-state index contributed by atoms with van der Waals surface area (Å²) in [5.41, 5.74) is 4.09. The van der Waals surface area contributed by atoms with Crippen molar-refractivity contribution < 1.29 is 13.2 Å². The molecule has 2 aromatic carbocycles. The minimum atomic E-state index is -4.59. The number of nitrogens with zero attached hydrogens (tertiary/aromatic N) is 7. The second kappa shape index (κ2) is 8.99. The van der Waals surface area contributed by atoms with E-state index in [-0.39, 0.29) is 24.0 Å². The molecule has 8 nitrogen and oxygen atoms in total. The monoisotopic (exact) mass is 507 g/mol. The molecule has 0 saturated carbocycles. The molecule has 0 radical (unpaired) electrons. The van der Waals surface area contributed by atoms with Gasteiger partial charge < -0.3 is 0 Å². The summed E-state index contributed by atoms with van der Waals surface area (Å²) in [6.45, 7) is 4.43. The minimum Gasteiger partial charge on any atom is -0.292 e. The lowest BCUT2D eigenvalue weighted by Gasteiger charge is -2.11. The number of aromatic nitrogens is 7. The van der Waals surface area contributed by atoms with E-state index < -0.39 is 12.0 Å². The Kier molecular flexibility index (Phi) is 5.93. The van der Waals surface area contributed by atoms with Gasteiger partial charge in [-0.25, -0.2) is 24.4 Å². The number of fused-ring (bicyclic) bond motifs is 1. The zero-order chi connectivity index (χ0) is 26.5. The molecule has 0 atom stereocenters. The fraction of sp³-hybridized carbons (Fsp3) is 0.269. The van der Waals surface area contributed by atoms with Crippen LogP contribution in [0.15, 0.2) is 59.5 Å². The van der Waals surface area contributed by atoms with Gasteiger partial charge in [-0.05, 0) is 17.0 Å². The van der Waals surface area contributed by atoms with Crippen molar-refractivity contribution in [3.8, 4) is 22.8 Å². The predicted octanol–water partition coefficient (Wildman–Crippen LogP) is 4.78. The van der Waals surface area contributed by atoms with Crippen molar-refractivity contribution in [3.63, 3.8) is 0 Å². The Labute approximate surface area is 210 Å². The number of alkyl halides is 3. The van der Waals surface area contributed by atoms with E-state index in [0.717, 1.165) is 16.7 Å². The molecule has 0 amide bonds. The molecule has 11 heteroatoms. The van der Waals surface area contributed by atoms with Crippen LogP contribution in [0.4, 0.5) is 13.2 Å². The van der Waals surface area contributed by atoms with E-state index in [1.54, 1.807) is 42.1 Å². The highest BCUT2D eigenvalue weighted by molar-refractivity contribution is 5.74. The highest BCUT2D eigenvalue weighted by atomic mass is 19.4. The molecule has 0 N–H and O–H groups in total. The van der Waals surface area contributed by atoms with Gasteiger partial charge in [0.2, 0.25) is 5.82 Å². The van der Waals surface area contributed by atoms with E-state index in [9.17, 15) is 18.0 Å². The molecule has 3 aromatic heterocycles. The van der Waals surface area contributed by atoms with Gasteiger partial charge in [0.05, 0.1) is 12.7 Å². The van der Waals surface area contributed by atoms with Gasteiger partial charge in [-0.3, -0.25) is 9.13 Å². The van der Waals surface area contributed by atoms with Crippen LogP contribution in [-0.4, -0.2) is 33.9 Å². The lowest BCUT2D eigenvalue weighted by molar-refractivity contribution is -0.147. The lowest BCUT2D eigenvalue weighted by Crippen LogP contribution is -2.22. The Hall–Kier alpha value is -4.28. The lowest BCUT2D eigenvalue weighted by atomic mass is 9.97. The fourth-order valence-corrected chi connectivity index (χ4v) is 4.35. The molecule has 5 rings (SSSR count). The number of aryl methyl sites for hydroxylation is 2. The van der Waals surface area contributed by atoms with Crippen LogP contribution in [0.25, 0.3) is 33.9 Å². The molecule has 0 aliphatic rings. The number of halogens is 3. The van der Waals surface area contributed by atoms with E-state index in [1.165, 1.54) is 11.6 Å². The van der Waals surface area contributed by atoms with Crippen LogP contribution >= 0.6 is 0 Å². The zero-order valence-electron chi connectivity index (χ0n) is 20.7. The third kappa shape index (κ3) is 4.41. The molecule has 0 bridgehead atoms. The second-order valence-corrected chi connectivity index (χ2v) is 9.15. The van der Waals surface area contributed by atoms with Crippen molar-refractivity contribution in [2.24, 2.45) is 14.1 Å². The predicted molar refractivity (Wildman–Crippen MR) is 133 cm³/mol. The maximum atomic E-state index is 13.1. The maximum Gasteiger partial charge on any atom is 0.451 e. The van der Waals surface area contributed by atoms with Gasteiger partial charge >= 0.3 is 11.9 Å². The van der Waals surface area contributed by atoms with Crippen LogP contribution < -0.4 is 5.69 Å². The Morgan fingerprint density at radius 1 is 0.946 bits per heavy atom. The third-order valence-corrected chi connectivity index (χ3v) is 6.28. The quantitative estimate of drug-likeness (QED) is 0.342. The Morgan fingerprint density at radius 3 is 2.30 bits per heavy atom. The first-order chi connectivity index (χ1) is 17.5. The van der Waals surface area contributed by atoms with Gasteiger partial charge in [0.1, 0.15) is 5.52 Å². The van der Waals surface area contributed by atoms with Crippen molar-refractivity contribution in [2.75, 3.05) is 0 Å². The number of hydrogen-bond donors (Lipinski definition) is 0. The van der Waals surface area contributed by atoms with Crippen LogP contribution in [-0.2, 0) is 26.8 Å². The molecule has 3 heterocycles. The first-order valence-electron chi connectivity index (χ1n) is 11.6. The maximum absolute atomic E-state index is 13.1. The fourth-order valence-electron chi connectivity index (χ4n) is 4.35. The second-order valence-electron chi connectivity index (χ2n) is 9.15. The zero-order valence-corrected chi connectivity index (χ0v) is 20.7. The standard InChI is InChI=1S/C26H24F3N7O/c1-15(2)18-7-5-6-8-19(18)22-30-13-20-23(31-22)36(25(37)34(20)3)14-16-9-11-17(12-10-16)21-32-24(26(27,28)29)35(4)33-21/h5-13,15H,14H2,1-4H3. The van der Waals surface area contributed by atoms with Crippen LogP contribution in [0.3, 0.4) is 0 Å². The van der Waals surface area contributed by atoms with E-state index in [0.29, 0.717) is 27.2 Å². The number of hydrogen-bond acceptors (Lipinski definition) is 5. The van der Waals surface area contributed by atoms with E-state index in [2.05, 4.69) is 28.9 Å². The summed E-state index contributed by atoms with van der Waals surface area (Å²) in [4.78, 5) is 26.0. The molecule has 0 aliphatic heterocycles. The van der Waals surface area contributed by atoms with E-state index in [4.69, 9.17) is 4.98 Å². The number of rotatable bonds is 5. The Balaban J connectivity index is 1.51. The van der Waals surface area contributed by atoms with E-state index >= 15 is 0 Å². The molecule has 190 valence electrons. The van der Waals surface area contributed by atoms with Crippen molar-refractivity contribution in [3.05, 3.63) is 82.2 Å². The van der Waals surface area contributed by atoms with Crippen molar-refractivity contribution in [1.82, 2.24) is 33.9 Å². The molecule has 0 saturated heterocycles. The van der Waals surface area contributed by atoms with Gasteiger partial charge in [-0.15, -0.1) is 0 Å². The molecule has 0 unspecified atom stereocenters. The normalized spacial score (nSPS) is 12.1. The highest BCUT2D eigenvalue weighted by Gasteiger charge is 2.37. The van der Waals surface area contributed by atoms with Crippen molar-refractivity contribution in [2.45, 2.75) is 32.5 Å². The minimum absolute atomic E-state index is 0.0232. The summed E-state index contributed by atoms with van der Waals surface area (Å²) in [5, 5.41) is 3.89. The summed E-state index contributed by atoms with van der Waals surface area (Å²) in [6.07, 6.45) is -2.94. The summed E-state index contributed by atoms with van der Waals surface area (Å²) in [6, 6.07) is 14.7. The molecule has 0 fully saturated rings. The highest BCUT2D eigenvalue weighted by Crippen LogP contribution is 2.30. The first-order valence-corrected chi connectivity index (χ1v) is 11.6. The topological polar surface area (TPSA) is 83.4 Å². The first kappa shape index (κ1) is 24.4. The molecule has 5 aromatic rings. The van der Waals surface area contributed by atoms with E-state index in [1.807, 2.05) is 24.3 Å². The average Bonchev–Trinajstić information content (AvgIpc) is 3.38. The van der Waals surface area contributed by atoms with Crippen molar-refractivity contribution >= 4 is 11.2 Å². The molecular weight excluding hydrogens is 483 g/mol. The summed E-state index contributed by atoms with van der Waals surface area (Å²) < 4.78 is 43.0. The van der Waals surface area contributed by atoms with Gasteiger partial charge in [0, 0.05) is 25.2 Å². The smallest absolute Gasteiger partial charge is 0.292 e. The Bertz CT molecular complexity index is 1660.